The first-order chi connectivity index (χ1) is 18.9. The van der Waals surface area contributed by atoms with Gasteiger partial charge in [-0.05, 0) is 69.2 Å². The van der Waals surface area contributed by atoms with E-state index in [2.05, 4.69) is 5.32 Å². The minimum absolute atomic E-state index is 0.0321. The molecule has 0 spiro atoms. The monoisotopic (exact) mass is 603 g/mol. The summed E-state index contributed by atoms with van der Waals surface area (Å²) in [6.07, 6.45) is 1.71. The largest absolute Gasteiger partial charge is 0.354 e. The number of sulfonamides is 1. The van der Waals surface area contributed by atoms with E-state index in [1.165, 1.54) is 17.0 Å². The number of nitrogens with one attached hydrogen (secondary N) is 1. The minimum Gasteiger partial charge on any atom is -0.354 e. The van der Waals surface area contributed by atoms with Crippen molar-refractivity contribution in [1.29, 1.82) is 0 Å². The van der Waals surface area contributed by atoms with E-state index in [1.54, 1.807) is 61.5 Å². The van der Waals surface area contributed by atoms with Crippen molar-refractivity contribution in [2.45, 2.75) is 58.0 Å². The Kier molecular flexibility index (Phi) is 11.0. The second-order valence-corrected chi connectivity index (χ2v) is 12.4. The molecule has 40 heavy (non-hydrogen) atoms. The number of unbranched alkanes of at least 4 members (excludes halogenated alkanes) is 1. The molecular formula is C30H35Cl2N3O4S. The third-order valence-corrected chi connectivity index (χ3v) is 9.07. The van der Waals surface area contributed by atoms with Crippen molar-refractivity contribution in [3.63, 3.8) is 0 Å². The molecule has 0 saturated heterocycles. The quantitative estimate of drug-likeness (QED) is 0.252. The number of aryl methyl sites for hydroxylation is 2. The molecular weight excluding hydrogens is 569 g/mol. The van der Waals surface area contributed by atoms with E-state index in [9.17, 15) is 18.0 Å². The van der Waals surface area contributed by atoms with Gasteiger partial charge in [0.05, 0.1) is 20.6 Å². The summed E-state index contributed by atoms with van der Waals surface area (Å²) in [6.45, 7) is 7.41. The average molecular weight is 605 g/mol. The maximum atomic E-state index is 13.9. The van der Waals surface area contributed by atoms with Gasteiger partial charge >= 0.3 is 0 Å². The lowest BCUT2D eigenvalue weighted by molar-refractivity contribution is -0.139. The first-order valence-corrected chi connectivity index (χ1v) is 15.3. The SMILES string of the molecule is CCCCNC(=O)[C@H](C)N(Cc1ccc(Cl)c(Cl)c1)C(=O)CN(c1ccc(C)cc1)S(=O)(=O)c1ccc(C)cc1. The van der Waals surface area contributed by atoms with Crippen molar-refractivity contribution in [2.24, 2.45) is 0 Å². The molecule has 0 bridgehead atoms. The maximum Gasteiger partial charge on any atom is 0.264 e. The topological polar surface area (TPSA) is 86.8 Å². The van der Waals surface area contributed by atoms with E-state index in [-0.39, 0.29) is 17.3 Å². The summed E-state index contributed by atoms with van der Waals surface area (Å²) in [7, 11) is -4.11. The lowest BCUT2D eigenvalue weighted by atomic mass is 10.1. The molecule has 3 aromatic rings. The zero-order chi connectivity index (χ0) is 29.4. The van der Waals surface area contributed by atoms with Gasteiger partial charge in [0.2, 0.25) is 11.8 Å². The van der Waals surface area contributed by atoms with Crippen molar-refractivity contribution in [1.82, 2.24) is 10.2 Å². The summed E-state index contributed by atoms with van der Waals surface area (Å²) in [5.41, 5.74) is 2.85. The molecule has 7 nitrogen and oxygen atoms in total. The van der Waals surface area contributed by atoms with Gasteiger partial charge in [-0.1, -0.05) is 78.0 Å². The van der Waals surface area contributed by atoms with Crippen LogP contribution in [0.1, 0.15) is 43.4 Å². The normalized spacial score (nSPS) is 12.1. The number of benzene rings is 3. The van der Waals surface area contributed by atoms with Crippen LogP contribution in [0.3, 0.4) is 0 Å². The number of nitrogens with zero attached hydrogens (tertiary/aromatic N) is 2. The summed E-state index contributed by atoms with van der Waals surface area (Å²) < 4.78 is 28.8. The number of amides is 2. The third-order valence-electron chi connectivity index (χ3n) is 6.54. The molecule has 1 N–H and O–H groups in total. The van der Waals surface area contributed by atoms with Crippen LogP contribution in [-0.2, 0) is 26.2 Å². The number of carbonyl (C=O) groups is 2. The van der Waals surface area contributed by atoms with Gasteiger partial charge in [-0.2, -0.15) is 0 Å². The number of carbonyl (C=O) groups excluding carboxylic acids is 2. The summed E-state index contributed by atoms with van der Waals surface area (Å²) >= 11 is 12.3. The molecule has 3 aromatic carbocycles. The van der Waals surface area contributed by atoms with Crippen molar-refractivity contribution < 1.29 is 18.0 Å². The summed E-state index contributed by atoms with van der Waals surface area (Å²) in [6, 6.07) is 17.5. The van der Waals surface area contributed by atoms with E-state index >= 15 is 0 Å². The molecule has 2 amide bonds. The number of rotatable bonds is 12. The molecule has 10 heteroatoms. The van der Waals surface area contributed by atoms with Gasteiger partial charge in [-0.25, -0.2) is 8.42 Å². The Balaban J connectivity index is 2.01. The van der Waals surface area contributed by atoms with Crippen LogP contribution in [0.25, 0.3) is 0 Å². The highest BCUT2D eigenvalue weighted by Crippen LogP contribution is 2.27. The molecule has 0 radical (unpaired) electrons. The summed E-state index contributed by atoms with van der Waals surface area (Å²) in [4.78, 5) is 28.4. The van der Waals surface area contributed by atoms with Gasteiger partial charge in [0, 0.05) is 13.1 Å². The fraction of sp³-hybridized carbons (Fsp3) is 0.333. The van der Waals surface area contributed by atoms with Crippen molar-refractivity contribution in [3.05, 3.63) is 93.5 Å². The molecule has 0 heterocycles. The summed E-state index contributed by atoms with van der Waals surface area (Å²) in [5.74, 6) is -0.870. The predicted octanol–water partition coefficient (Wildman–Crippen LogP) is 6.14. The number of halogens is 2. The Morgan fingerprint density at radius 1 is 0.900 bits per heavy atom. The average Bonchev–Trinajstić information content (AvgIpc) is 2.92. The Bertz CT molecular complexity index is 1430. The highest BCUT2D eigenvalue weighted by Gasteiger charge is 2.32. The molecule has 0 aliphatic heterocycles. The van der Waals surface area contributed by atoms with Crippen LogP contribution in [0.15, 0.2) is 71.6 Å². The van der Waals surface area contributed by atoms with Crippen LogP contribution in [0, 0.1) is 13.8 Å². The Labute approximate surface area is 247 Å². The van der Waals surface area contributed by atoms with E-state index < -0.39 is 28.5 Å². The Morgan fingerprint density at radius 3 is 2.08 bits per heavy atom. The predicted molar refractivity (Wildman–Crippen MR) is 161 cm³/mol. The zero-order valence-electron chi connectivity index (χ0n) is 23.2. The second-order valence-electron chi connectivity index (χ2n) is 9.75. The molecule has 0 aromatic heterocycles. The van der Waals surface area contributed by atoms with Crippen LogP contribution in [-0.4, -0.2) is 44.3 Å². The maximum absolute atomic E-state index is 13.9. The molecule has 0 saturated carbocycles. The summed E-state index contributed by atoms with van der Waals surface area (Å²) in [5, 5.41) is 3.54. The van der Waals surface area contributed by atoms with Crippen molar-refractivity contribution >= 4 is 50.7 Å². The Hall–Kier alpha value is -3.07. The number of hydrogen-bond acceptors (Lipinski definition) is 4. The van der Waals surface area contributed by atoms with E-state index in [1.807, 2.05) is 20.8 Å². The van der Waals surface area contributed by atoms with Crippen molar-refractivity contribution in [2.75, 3.05) is 17.4 Å². The van der Waals surface area contributed by atoms with Crippen LogP contribution in [0.5, 0.6) is 0 Å². The lowest BCUT2D eigenvalue weighted by Crippen LogP contribution is -2.51. The number of hydrogen-bond donors (Lipinski definition) is 1. The standard InChI is InChI=1S/C30H35Cl2N3O4S/c1-5-6-17-33-30(37)23(4)34(19-24-11-16-27(31)28(32)18-24)29(36)20-35(25-12-7-21(2)8-13-25)40(38,39)26-14-9-22(3)10-15-26/h7-16,18,23H,5-6,17,19-20H2,1-4H3,(H,33,37)/t23-/m0/s1. The highest BCUT2D eigenvalue weighted by molar-refractivity contribution is 7.92. The van der Waals surface area contributed by atoms with E-state index in [4.69, 9.17) is 23.2 Å². The molecule has 0 fully saturated rings. The molecule has 1 atom stereocenters. The molecule has 0 aliphatic rings. The van der Waals surface area contributed by atoms with Gasteiger partial charge in [0.25, 0.3) is 10.0 Å². The fourth-order valence-electron chi connectivity index (χ4n) is 4.03. The van der Waals surface area contributed by atoms with Crippen LogP contribution < -0.4 is 9.62 Å². The van der Waals surface area contributed by atoms with Crippen LogP contribution in [0.2, 0.25) is 10.0 Å². The van der Waals surface area contributed by atoms with Gasteiger partial charge in [0.15, 0.2) is 0 Å². The minimum atomic E-state index is -4.11. The first kappa shape index (κ1) is 31.5. The highest BCUT2D eigenvalue weighted by atomic mass is 35.5. The number of anilines is 1. The van der Waals surface area contributed by atoms with E-state index in [0.717, 1.165) is 28.3 Å². The van der Waals surface area contributed by atoms with Crippen molar-refractivity contribution in [3.8, 4) is 0 Å². The lowest BCUT2D eigenvalue weighted by Gasteiger charge is -2.32. The second kappa shape index (κ2) is 14.0. The molecule has 3 rings (SSSR count). The van der Waals surface area contributed by atoms with Gasteiger partial charge in [-0.15, -0.1) is 0 Å². The van der Waals surface area contributed by atoms with E-state index in [0.29, 0.717) is 27.8 Å². The fourth-order valence-corrected chi connectivity index (χ4v) is 5.77. The van der Waals surface area contributed by atoms with Crippen LogP contribution in [0.4, 0.5) is 5.69 Å². The molecule has 0 unspecified atom stereocenters. The first-order valence-electron chi connectivity index (χ1n) is 13.1. The van der Waals surface area contributed by atoms with Gasteiger partial charge in [-0.3, -0.25) is 13.9 Å². The molecule has 214 valence electrons. The zero-order valence-corrected chi connectivity index (χ0v) is 25.5. The molecule has 0 aliphatic carbocycles. The third kappa shape index (κ3) is 7.99. The van der Waals surface area contributed by atoms with Crippen LogP contribution >= 0.6 is 23.2 Å². The van der Waals surface area contributed by atoms with Gasteiger partial charge < -0.3 is 10.2 Å². The van der Waals surface area contributed by atoms with Gasteiger partial charge in [0.1, 0.15) is 12.6 Å². The Morgan fingerprint density at radius 2 is 1.50 bits per heavy atom. The smallest absolute Gasteiger partial charge is 0.264 e.